The Kier molecular flexibility index (Phi) is 5.18. The highest BCUT2D eigenvalue weighted by atomic mass is 16.2. The molecule has 1 aromatic carbocycles. The van der Waals surface area contributed by atoms with E-state index in [-0.39, 0.29) is 18.1 Å². The van der Waals surface area contributed by atoms with Crippen LogP contribution in [0.5, 0.6) is 0 Å². The molecule has 1 amide bonds. The van der Waals surface area contributed by atoms with E-state index in [1.165, 1.54) is 5.56 Å². The lowest BCUT2D eigenvalue weighted by atomic mass is 10.0. The summed E-state index contributed by atoms with van der Waals surface area (Å²) >= 11 is 0. The number of hydrogen-bond donors (Lipinski definition) is 1. The maximum Gasteiger partial charge on any atom is 0.241 e. The summed E-state index contributed by atoms with van der Waals surface area (Å²) in [6.45, 7) is 7.33. The van der Waals surface area contributed by atoms with Crippen LogP contribution in [-0.2, 0) is 11.2 Å². The van der Waals surface area contributed by atoms with Crippen LogP contribution in [-0.4, -0.2) is 29.6 Å². The van der Waals surface area contributed by atoms with Crippen molar-refractivity contribution in [1.29, 1.82) is 0 Å². The SMILES string of the molecule is CCC(C)CN1C(=O)C(CCc2ccccc2)NC1C. The minimum absolute atomic E-state index is 0.0192. The second-order valence-electron chi connectivity index (χ2n) is 5.92. The second kappa shape index (κ2) is 6.89. The van der Waals surface area contributed by atoms with Gasteiger partial charge in [0.15, 0.2) is 0 Å². The van der Waals surface area contributed by atoms with E-state index in [9.17, 15) is 4.79 Å². The van der Waals surface area contributed by atoms with Gasteiger partial charge in [-0.15, -0.1) is 0 Å². The lowest BCUT2D eigenvalue weighted by Crippen LogP contribution is -2.37. The van der Waals surface area contributed by atoms with Crippen molar-refractivity contribution in [2.45, 2.75) is 52.2 Å². The lowest BCUT2D eigenvalue weighted by molar-refractivity contribution is -0.130. The van der Waals surface area contributed by atoms with Crippen molar-refractivity contribution in [3.05, 3.63) is 35.9 Å². The maximum atomic E-state index is 12.5. The molecule has 3 atom stereocenters. The first-order valence-electron chi connectivity index (χ1n) is 7.72. The number of hydrogen-bond acceptors (Lipinski definition) is 2. The smallest absolute Gasteiger partial charge is 0.241 e. The average molecular weight is 274 g/mol. The van der Waals surface area contributed by atoms with Crippen LogP contribution in [0.4, 0.5) is 0 Å². The van der Waals surface area contributed by atoms with Crippen molar-refractivity contribution >= 4 is 5.91 Å². The van der Waals surface area contributed by atoms with Crippen LogP contribution >= 0.6 is 0 Å². The molecule has 3 unspecified atom stereocenters. The van der Waals surface area contributed by atoms with E-state index in [1.54, 1.807) is 0 Å². The molecule has 1 fully saturated rings. The van der Waals surface area contributed by atoms with Crippen LogP contribution in [0, 0.1) is 5.92 Å². The molecule has 1 aliphatic heterocycles. The Morgan fingerprint density at radius 3 is 2.65 bits per heavy atom. The molecule has 3 nitrogen and oxygen atoms in total. The molecule has 0 spiro atoms. The predicted molar refractivity (Wildman–Crippen MR) is 82.3 cm³/mol. The largest absolute Gasteiger partial charge is 0.326 e. The number of carbonyl (C=O) groups is 1. The van der Waals surface area contributed by atoms with Gasteiger partial charge in [0.25, 0.3) is 0 Å². The Bertz CT molecular complexity index is 432. The number of benzene rings is 1. The Morgan fingerprint density at radius 1 is 1.30 bits per heavy atom. The van der Waals surface area contributed by atoms with E-state index >= 15 is 0 Å². The molecule has 0 radical (unpaired) electrons. The summed E-state index contributed by atoms with van der Waals surface area (Å²) in [5.41, 5.74) is 1.30. The standard InChI is InChI=1S/C17H26N2O/c1-4-13(2)12-19-14(3)18-16(17(19)20)11-10-15-8-6-5-7-9-15/h5-9,13-14,16,18H,4,10-12H2,1-3H3. The molecular formula is C17H26N2O. The van der Waals surface area contributed by atoms with Crippen molar-refractivity contribution in [2.24, 2.45) is 5.92 Å². The van der Waals surface area contributed by atoms with Gasteiger partial charge in [0.1, 0.15) is 0 Å². The zero-order valence-electron chi connectivity index (χ0n) is 12.8. The average Bonchev–Trinajstić information content (AvgIpc) is 2.73. The fraction of sp³-hybridized carbons (Fsp3) is 0.588. The summed E-state index contributed by atoms with van der Waals surface area (Å²) in [6.07, 6.45) is 3.11. The van der Waals surface area contributed by atoms with Gasteiger partial charge in [-0.3, -0.25) is 10.1 Å². The van der Waals surface area contributed by atoms with Gasteiger partial charge in [0, 0.05) is 6.54 Å². The minimum atomic E-state index is -0.0192. The molecule has 20 heavy (non-hydrogen) atoms. The maximum absolute atomic E-state index is 12.5. The molecule has 2 rings (SSSR count). The first kappa shape index (κ1) is 15.0. The number of amides is 1. The summed E-state index contributed by atoms with van der Waals surface area (Å²) in [4.78, 5) is 14.5. The third-order valence-corrected chi connectivity index (χ3v) is 4.26. The molecule has 0 saturated carbocycles. The molecule has 0 aromatic heterocycles. The molecular weight excluding hydrogens is 248 g/mol. The Balaban J connectivity index is 1.89. The Hall–Kier alpha value is -1.35. The molecule has 1 N–H and O–H groups in total. The highest BCUT2D eigenvalue weighted by molar-refractivity contribution is 5.84. The van der Waals surface area contributed by atoms with E-state index in [0.29, 0.717) is 5.92 Å². The highest BCUT2D eigenvalue weighted by Gasteiger charge is 2.36. The fourth-order valence-corrected chi connectivity index (χ4v) is 2.72. The molecule has 1 aromatic rings. The molecule has 110 valence electrons. The Morgan fingerprint density at radius 2 is 2.00 bits per heavy atom. The van der Waals surface area contributed by atoms with E-state index in [2.05, 4.69) is 50.4 Å². The van der Waals surface area contributed by atoms with Gasteiger partial charge < -0.3 is 4.90 Å². The van der Waals surface area contributed by atoms with E-state index in [0.717, 1.165) is 25.8 Å². The highest BCUT2D eigenvalue weighted by Crippen LogP contribution is 2.18. The van der Waals surface area contributed by atoms with Crippen molar-refractivity contribution in [1.82, 2.24) is 10.2 Å². The minimum Gasteiger partial charge on any atom is -0.326 e. The molecule has 0 bridgehead atoms. The van der Waals surface area contributed by atoms with Gasteiger partial charge in [0.2, 0.25) is 5.91 Å². The normalized spacial score (nSPS) is 24.1. The topological polar surface area (TPSA) is 32.3 Å². The third-order valence-electron chi connectivity index (χ3n) is 4.26. The van der Waals surface area contributed by atoms with Crippen LogP contribution in [0.1, 0.15) is 39.2 Å². The van der Waals surface area contributed by atoms with Gasteiger partial charge in [-0.2, -0.15) is 0 Å². The van der Waals surface area contributed by atoms with Crippen LogP contribution in [0.15, 0.2) is 30.3 Å². The summed E-state index contributed by atoms with van der Waals surface area (Å²) < 4.78 is 0. The quantitative estimate of drug-likeness (QED) is 0.865. The predicted octanol–water partition coefficient (Wildman–Crippen LogP) is 2.81. The van der Waals surface area contributed by atoms with Gasteiger partial charge in [-0.1, -0.05) is 50.6 Å². The lowest BCUT2D eigenvalue weighted by Gasteiger charge is -2.24. The van der Waals surface area contributed by atoms with Crippen LogP contribution in [0.2, 0.25) is 0 Å². The van der Waals surface area contributed by atoms with Gasteiger partial charge >= 0.3 is 0 Å². The number of nitrogens with zero attached hydrogens (tertiary/aromatic N) is 1. The van der Waals surface area contributed by atoms with E-state index < -0.39 is 0 Å². The van der Waals surface area contributed by atoms with E-state index in [1.807, 2.05) is 11.0 Å². The van der Waals surface area contributed by atoms with Crippen molar-refractivity contribution in [3.8, 4) is 0 Å². The number of carbonyl (C=O) groups excluding carboxylic acids is 1. The number of nitrogens with one attached hydrogen (secondary N) is 1. The third kappa shape index (κ3) is 3.60. The summed E-state index contributed by atoms with van der Waals surface area (Å²) in [5.74, 6) is 0.838. The Labute approximate surface area is 122 Å². The number of rotatable bonds is 6. The molecule has 1 heterocycles. The fourth-order valence-electron chi connectivity index (χ4n) is 2.72. The van der Waals surface area contributed by atoms with Gasteiger partial charge in [-0.05, 0) is 31.2 Å². The zero-order valence-corrected chi connectivity index (χ0v) is 12.8. The van der Waals surface area contributed by atoms with E-state index in [4.69, 9.17) is 0 Å². The first-order valence-corrected chi connectivity index (χ1v) is 7.72. The van der Waals surface area contributed by atoms with Crippen molar-refractivity contribution < 1.29 is 4.79 Å². The molecule has 0 aliphatic carbocycles. The first-order chi connectivity index (χ1) is 9.61. The molecule has 1 saturated heterocycles. The summed E-state index contributed by atoms with van der Waals surface area (Å²) in [5, 5.41) is 3.43. The molecule has 3 heteroatoms. The van der Waals surface area contributed by atoms with Crippen molar-refractivity contribution in [3.63, 3.8) is 0 Å². The van der Waals surface area contributed by atoms with Gasteiger partial charge in [-0.25, -0.2) is 0 Å². The van der Waals surface area contributed by atoms with Crippen LogP contribution in [0.3, 0.4) is 0 Å². The van der Waals surface area contributed by atoms with Crippen LogP contribution in [0.25, 0.3) is 0 Å². The van der Waals surface area contributed by atoms with Crippen molar-refractivity contribution in [2.75, 3.05) is 6.54 Å². The number of aryl methyl sites for hydroxylation is 1. The second-order valence-corrected chi connectivity index (χ2v) is 5.92. The molecule has 1 aliphatic rings. The summed E-state index contributed by atoms with van der Waals surface area (Å²) in [6, 6.07) is 10.4. The van der Waals surface area contributed by atoms with Gasteiger partial charge in [0.05, 0.1) is 12.2 Å². The summed E-state index contributed by atoms with van der Waals surface area (Å²) in [7, 11) is 0. The van der Waals surface area contributed by atoms with Crippen LogP contribution < -0.4 is 5.32 Å². The monoisotopic (exact) mass is 274 g/mol. The zero-order chi connectivity index (χ0) is 14.5.